The Bertz CT molecular complexity index is 165. The minimum absolute atomic E-state index is 0.778. The van der Waals surface area contributed by atoms with E-state index in [0.29, 0.717) is 0 Å². The molecule has 0 aliphatic heterocycles. The smallest absolute Gasteiger partial charge is 0.0110 e. The van der Waals surface area contributed by atoms with E-state index in [1.54, 1.807) is 0 Å². The van der Waals surface area contributed by atoms with Gasteiger partial charge in [0.1, 0.15) is 0 Å². The summed E-state index contributed by atoms with van der Waals surface area (Å²) in [6.07, 6.45) is 8.46. The molecule has 2 heteroatoms. The Kier molecular flexibility index (Phi) is 2.89. The maximum atomic E-state index is 3.42. The molecule has 76 valence electrons. The minimum Gasteiger partial charge on any atom is -0.317 e. The Balaban J connectivity index is 1.83. The first-order valence-corrected chi connectivity index (χ1v) is 5.70. The molecular weight excluding hydrogens is 160 g/mol. The van der Waals surface area contributed by atoms with Gasteiger partial charge in [-0.15, -0.1) is 0 Å². The molecule has 2 aliphatic rings. The summed E-state index contributed by atoms with van der Waals surface area (Å²) in [5, 5.41) is 3.42. The van der Waals surface area contributed by atoms with Crippen molar-refractivity contribution >= 4 is 0 Å². The van der Waals surface area contributed by atoms with Crippen molar-refractivity contribution < 1.29 is 0 Å². The number of hydrogen-bond donors (Lipinski definition) is 1. The molecule has 0 saturated heterocycles. The van der Waals surface area contributed by atoms with Crippen LogP contribution >= 0.6 is 0 Å². The Morgan fingerprint density at radius 2 is 1.85 bits per heavy atom. The summed E-state index contributed by atoms with van der Waals surface area (Å²) in [4.78, 5) is 2.63. The van der Waals surface area contributed by atoms with Crippen molar-refractivity contribution in [1.29, 1.82) is 0 Å². The maximum Gasteiger partial charge on any atom is 0.0110 e. The highest BCUT2D eigenvalue weighted by atomic mass is 15.2. The van der Waals surface area contributed by atoms with Crippen LogP contribution in [-0.4, -0.2) is 37.1 Å². The van der Waals surface area contributed by atoms with Gasteiger partial charge in [0.15, 0.2) is 0 Å². The molecule has 2 nitrogen and oxygen atoms in total. The van der Waals surface area contributed by atoms with Crippen LogP contribution in [0.1, 0.15) is 38.5 Å². The third kappa shape index (κ3) is 2.23. The number of nitrogens with zero attached hydrogens (tertiary/aromatic N) is 1. The lowest BCUT2D eigenvalue weighted by atomic mass is 9.90. The van der Waals surface area contributed by atoms with E-state index in [9.17, 15) is 0 Å². The van der Waals surface area contributed by atoms with Gasteiger partial charge in [-0.05, 0) is 46.2 Å². The van der Waals surface area contributed by atoms with E-state index >= 15 is 0 Å². The molecule has 2 atom stereocenters. The van der Waals surface area contributed by atoms with E-state index in [-0.39, 0.29) is 0 Å². The molecule has 2 aliphatic carbocycles. The summed E-state index contributed by atoms with van der Waals surface area (Å²) in [5.41, 5.74) is 0. The van der Waals surface area contributed by atoms with E-state index in [0.717, 1.165) is 18.1 Å². The Hall–Kier alpha value is -0.0800. The number of nitrogens with one attached hydrogen (secondary N) is 1. The predicted octanol–water partition coefficient (Wildman–Crippen LogP) is 1.61. The fourth-order valence-corrected chi connectivity index (χ4v) is 2.58. The van der Waals surface area contributed by atoms with Gasteiger partial charge < -0.3 is 10.2 Å². The molecule has 0 bridgehead atoms. The molecule has 0 spiro atoms. The highest BCUT2D eigenvalue weighted by Gasteiger charge is 2.33. The standard InChI is InChI=1S/C11H22N2/c1-12-9-4-3-5-11(8-9)13(2)10-6-7-10/h9-12H,3-8H2,1-2H3. The first-order chi connectivity index (χ1) is 6.31. The van der Waals surface area contributed by atoms with Crippen molar-refractivity contribution in [3.63, 3.8) is 0 Å². The molecule has 0 aromatic heterocycles. The van der Waals surface area contributed by atoms with Crippen LogP contribution in [0, 0.1) is 0 Å². The van der Waals surface area contributed by atoms with E-state index in [2.05, 4.69) is 24.3 Å². The highest BCUT2D eigenvalue weighted by Crippen LogP contribution is 2.32. The number of rotatable bonds is 3. The van der Waals surface area contributed by atoms with Crippen LogP contribution in [0.4, 0.5) is 0 Å². The summed E-state index contributed by atoms with van der Waals surface area (Å²) < 4.78 is 0. The van der Waals surface area contributed by atoms with Gasteiger partial charge >= 0.3 is 0 Å². The fourth-order valence-electron chi connectivity index (χ4n) is 2.58. The van der Waals surface area contributed by atoms with Crippen LogP contribution in [0.5, 0.6) is 0 Å². The van der Waals surface area contributed by atoms with Crippen molar-refractivity contribution in [2.24, 2.45) is 0 Å². The average molecular weight is 182 g/mol. The van der Waals surface area contributed by atoms with Crippen LogP contribution in [-0.2, 0) is 0 Å². The summed E-state index contributed by atoms with van der Waals surface area (Å²) in [6, 6.07) is 2.57. The lowest BCUT2D eigenvalue weighted by molar-refractivity contribution is 0.164. The quantitative estimate of drug-likeness (QED) is 0.713. The van der Waals surface area contributed by atoms with E-state index < -0.39 is 0 Å². The van der Waals surface area contributed by atoms with Crippen molar-refractivity contribution in [2.75, 3.05) is 14.1 Å². The number of hydrogen-bond acceptors (Lipinski definition) is 2. The normalized spacial score (nSPS) is 35.3. The van der Waals surface area contributed by atoms with Gasteiger partial charge in [0.25, 0.3) is 0 Å². The monoisotopic (exact) mass is 182 g/mol. The summed E-state index contributed by atoms with van der Waals surface area (Å²) in [5.74, 6) is 0. The highest BCUT2D eigenvalue weighted by molar-refractivity contribution is 4.90. The zero-order valence-electron chi connectivity index (χ0n) is 8.92. The van der Waals surface area contributed by atoms with Crippen LogP contribution < -0.4 is 5.32 Å². The molecule has 0 aromatic rings. The molecule has 0 radical (unpaired) electrons. The van der Waals surface area contributed by atoms with Crippen molar-refractivity contribution in [2.45, 2.75) is 56.7 Å². The topological polar surface area (TPSA) is 15.3 Å². The molecule has 0 heterocycles. The Morgan fingerprint density at radius 3 is 2.46 bits per heavy atom. The van der Waals surface area contributed by atoms with E-state index in [1.807, 2.05) is 0 Å². The molecular formula is C11H22N2. The van der Waals surface area contributed by atoms with Gasteiger partial charge in [-0.25, -0.2) is 0 Å². The molecule has 1 N–H and O–H groups in total. The van der Waals surface area contributed by atoms with Crippen molar-refractivity contribution in [3.8, 4) is 0 Å². The van der Waals surface area contributed by atoms with Crippen LogP contribution in [0.15, 0.2) is 0 Å². The summed E-state index contributed by atoms with van der Waals surface area (Å²) in [6.45, 7) is 0. The third-order valence-corrected chi connectivity index (χ3v) is 3.75. The van der Waals surface area contributed by atoms with Crippen LogP contribution in [0.2, 0.25) is 0 Å². The zero-order valence-corrected chi connectivity index (χ0v) is 8.92. The van der Waals surface area contributed by atoms with E-state index in [1.165, 1.54) is 38.5 Å². The van der Waals surface area contributed by atoms with Crippen LogP contribution in [0.3, 0.4) is 0 Å². The molecule has 0 amide bonds. The maximum absolute atomic E-state index is 3.42. The van der Waals surface area contributed by atoms with Gasteiger partial charge in [-0.2, -0.15) is 0 Å². The molecule has 0 aromatic carbocycles. The van der Waals surface area contributed by atoms with Crippen molar-refractivity contribution in [1.82, 2.24) is 10.2 Å². The summed E-state index contributed by atoms with van der Waals surface area (Å²) >= 11 is 0. The van der Waals surface area contributed by atoms with Gasteiger partial charge in [-0.1, -0.05) is 6.42 Å². The fraction of sp³-hybridized carbons (Fsp3) is 1.00. The van der Waals surface area contributed by atoms with Crippen molar-refractivity contribution in [3.05, 3.63) is 0 Å². The molecule has 2 rings (SSSR count). The van der Waals surface area contributed by atoms with E-state index in [4.69, 9.17) is 0 Å². The second-order valence-corrected chi connectivity index (χ2v) is 4.70. The zero-order chi connectivity index (χ0) is 9.26. The molecule has 13 heavy (non-hydrogen) atoms. The lowest BCUT2D eigenvalue weighted by Crippen LogP contribution is -2.42. The molecule has 2 unspecified atom stereocenters. The average Bonchev–Trinajstić information content (AvgIpc) is 3.00. The van der Waals surface area contributed by atoms with Gasteiger partial charge in [0.05, 0.1) is 0 Å². The largest absolute Gasteiger partial charge is 0.317 e. The molecule has 2 saturated carbocycles. The molecule has 2 fully saturated rings. The first-order valence-electron chi connectivity index (χ1n) is 5.70. The van der Waals surface area contributed by atoms with Gasteiger partial charge in [-0.3, -0.25) is 0 Å². The second kappa shape index (κ2) is 3.97. The Labute approximate surface area is 81.7 Å². The first kappa shape index (κ1) is 9.47. The Morgan fingerprint density at radius 1 is 1.08 bits per heavy atom. The minimum atomic E-state index is 0.778. The third-order valence-electron chi connectivity index (χ3n) is 3.75. The lowest BCUT2D eigenvalue weighted by Gasteiger charge is -2.35. The summed E-state index contributed by atoms with van der Waals surface area (Å²) in [7, 11) is 4.42. The second-order valence-electron chi connectivity index (χ2n) is 4.70. The SMILES string of the molecule is CNC1CCCC(N(C)C2CC2)C1. The van der Waals surface area contributed by atoms with Gasteiger partial charge in [0.2, 0.25) is 0 Å². The predicted molar refractivity (Wildman–Crippen MR) is 55.9 cm³/mol. The van der Waals surface area contributed by atoms with Gasteiger partial charge in [0, 0.05) is 18.1 Å². The van der Waals surface area contributed by atoms with Crippen LogP contribution in [0.25, 0.3) is 0 Å².